The number of sulfone groups is 1. The molecule has 0 saturated heterocycles. The Bertz CT molecular complexity index is 1520. The number of benzene rings is 4. The summed E-state index contributed by atoms with van der Waals surface area (Å²) < 4.78 is 31.6. The number of aliphatic hydroxyl groups excluding tert-OH is 1. The summed E-state index contributed by atoms with van der Waals surface area (Å²) in [6.45, 7) is 3.63. The lowest BCUT2D eigenvalue weighted by Crippen LogP contribution is -2.30. The van der Waals surface area contributed by atoms with Gasteiger partial charge in [0.15, 0.2) is 0 Å². The molecule has 0 radical (unpaired) electrons. The molecular weight excluding hydrogens is 558 g/mol. The Balaban J connectivity index is 1.42. The van der Waals surface area contributed by atoms with Crippen molar-refractivity contribution in [3.05, 3.63) is 125 Å². The van der Waals surface area contributed by atoms with Crippen molar-refractivity contribution in [3.8, 4) is 5.75 Å². The van der Waals surface area contributed by atoms with E-state index in [1.165, 1.54) is 24.3 Å². The second-order valence-corrected chi connectivity index (χ2v) is 12.3. The number of hydrogen-bond donors (Lipinski definition) is 1. The van der Waals surface area contributed by atoms with Gasteiger partial charge < -0.3 is 9.84 Å². The highest BCUT2D eigenvalue weighted by molar-refractivity contribution is 7.91. The molecule has 0 aliphatic rings. The van der Waals surface area contributed by atoms with E-state index in [2.05, 4.69) is 17.0 Å². The van der Waals surface area contributed by atoms with Crippen LogP contribution in [0.2, 0.25) is 5.02 Å². The number of halogens is 1. The highest BCUT2D eigenvalue weighted by Gasteiger charge is 2.19. The smallest absolute Gasteiger partial charge is 0.311 e. The van der Waals surface area contributed by atoms with E-state index in [4.69, 9.17) is 16.3 Å². The standard InChI is InChI=1S/C33H34ClNO5S/c1-2-7-33(37)40-29-14-18-31(19-15-29)41(38,39)30-16-12-25(13-17-30)20-21-35(23-26-8-4-3-5-9-26)24-32(36)27-10-6-11-28(34)22-27/h3-6,8-19,22,32,36H,2,7,20-21,23-24H2,1H3. The quantitative estimate of drug-likeness (QED) is 0.138. The minimum Gasteiger partial charge on any atom is -0.427 e. The second-order valence-electron chi connectivity index (χ2n) is 9.88. The van der Waals surface area contributed by atoms with Crippen LogP contribution in [0, 0.1) is 0 Å². The molecule has 0 spiro atoms. The minimum absolute atomic E-state index is 0.129. The molecule has 8 heteroatoms. The summed E-state index contributed by atoms with van der Waals surface area (Å²) >= 11 is 6.13. The van der Waals surface area contributed by atoms with Crippen molar-refractivity contribution >= 4 is 27.4 Å². The van der Waals surface area contributed by atoms with Gasteiger partial charge in [-0.3, -0.25) is 9.69 Å². The van der Waals surface area contributed by atoms with Crippen LogP contribution in [0.3, 0.4) is 0 Å². The summed E-state index contributed by atoms with van der Waals surface area (Å²) in [7, 11) is -3.73. The third-order valence-electron chi connectivity index (χ3n) is 6.68. The summed E-state index contributed by atoms with van der Waals surface area (Å²) in [4.78, 5) is 14.2. The Kier molecular flexibility index (Phi) is 10.7. The Morgan fingerprint density at radius 1 is 0.878 bits per heavy atom. The van der Waals surface area contributed by atoms with Crippen molar-refractivity contribution in [3.63, 3.8) is 0 Å². The number of carbonyl (C=O) groups is 1. The van der Waals surface area contributed by atoms with E-state index >= 15 is 0 Å². The van der Waals surface area contributed by atoms with Crippen molar-refractivity contribution in [2.75, 3.05) is 13.1 Å². The molecule has 0 aromatic heterocycles. The molecule has 41 heavy (non-hydrogen) atoms. The van der Waals surface area contributed by atoms with Crippen LogP contribution in [0.25, 0.3) is 0 Å². The van der Waals surface area contributed by atoms with Gasteiger partial charge in [-0.2, -0.15) is 0 Å². The summed E-state index contributed by atoms with van der Waals surface area (Å²) in [5, 5.41) is 11.5. The van der Waals surface area contributed by atoms with E-state index in [1.807, 2.05) is 49.4 Å². The largest absolute Gasteiger partial charge is 0.427 e. The fourth-order valence-corrected chi connectivity index (χ4v) is 5.93. The first-order chi connectivity index (χ1) is 19.7. The van der Waals surface area contributed by atoms with Crippen LogP contribution in [-0.2, 0) is 27.6 Å². The molecule has 214 valence electrons. The number of esters is 1. The molecule has 0 amide bonds. The topological polar surface area (TPSA) is 83.9 Å². The van der Waals surface area contributed by atoms with Gasteiger partial charge in [0.2, 0.25) is 9.84 Å². The van der Waals surface area contributed by atoms with Crippen molar-refractivity contribution in [1.29, 1.82) is 0 Å². The Morgan fingerprint density at radius 3 is 2.17 bits per heavy atom. The molecule has 0 aliphatic heterocycles. The number of carbonyl (C=O) groups excluding carboxylic acids is 1. The van der Waals surface area contributed by atoms with Gasteiger partial charge in [-0.15, -0.1) is 0 Å². The van der Waals surface area contributed by atoms with Crippen molar-refractivity contribution in [1.82, 2.24) is 4.90 Å². The van der Waals surface area contributed by atoms with Gasteiger partial charge in [-0.25, -0.2) is 8.42 Å². The van der Waals surface area contributed by atoms with E-state index in [0.29, 0.717) is 49.7 Å². The predicted molar refractivity (Wildman–Crippen MR) is 161 cm³/mol. The molecule has 4 aromatic carbocycles. The molecule has 1 N–H and O–H groups in total. The number of ether oxygens (including phenoxy) is 1. The predicted octanol–water partition coefficient (Wildman–Crippen LogP) is 6.66. The van der Waals surface area contributed by atoms with E-state index in [1.54, 1.807) is 24.3 Å². The van der Waals surface area contributed by atoms with Crippen LogP contribution in [0.5, 0.6) is 5.75 Å². The Morgan fingerprint density at radius 2 is 1.54 bits per heavy atom. The molecule has 0 fully saturated rings. The fraction of sp³-hybridized carbons (Fsp3) is 0.242. The molecule has 1 unspecified atom stereocenters. The van der Waals surface area contributed by atoms with Gasteiger partial charge in [0.1, 0.15) is 5.75 Å². The van der Waals surface area contributed by atoms with Crippen molar-refractivity contribution in [2.45, 2.75) is 48.6 Å². The maximum atomic E-state index is 13.2. The summed E-state index contributed by atoms with van der Waals surface area (Å²) in [6, 6.07) is 30.1. The molecule has 0 saturated carbocycles. The number of hydrogen-bond acceptors (Lipinski definition) is 6. The van der Waals surface area contributed by atoms with Crippen LogP contribution in [-0.4, -0.2) is 37.5 Å². The lowest BCUT2D eigenvalue weighted by molar-refractivity contribution is -0.134. The van der Waals surface area contributed by atoms with Gasteiger partial charge in [0.25, 0.3) is 0 Å². The zero-order valence-corrected chi connectivity index (χ0v) is 24.5. The van der Waals surface area contributed by atoms with Crippen LogP contribution in [0.4, 0.5) is 0 Å². The highest BCUT2D eigenvalue weighted by Crippen LogP contribution is 2.25. The average molecular weight is 592 g/mol. The van der Waals surface area contributed by atoms with Gasteiger partial charge >= 0.3 is 5.97 Å². The fourth-order valence-electron chi connectivity index (χ4n) is 4.47. The van der Waals surface area contributed by atoms with Crippen LogP contribution >= 0.6 is 11.6 Å². The lowest BCUT2D eigenvalue weighted by atomic mass is 10.1. The highest BCUT2D eigenvalue weighted by atomic mass is 35.5. The van der Waals surface area contributed by atoms with Crippen LogP contribution < -0.4 is 4.74 Å². The van der Waals surface area contributed by atoms with E-state index in [-0.39, 0.29) is 15.8 Å². The monoisotopic (exact) mass is 591 g/mol. The van der Waals surface area contributed by atoms with Crippen LogP contribution in [0.15, 0.2) is 113 Å². The molecular formula is C33H34ClNO5S. The molecule has 4 rings (SSSR count). The first kappa shape index (κ1) is 30.5. The second kappa shape index (κ2) is 14.4. The third kappa shape index (κ3) is 8.75. The zero-order valence-electron chi connectivity index (χ0n) is 22.9. The first-order valence-electron chi connectivity index (χ1n) is 13.6. The SMILES string of the molecule is CCCC(=O)Oc1ccc(S(=O)(=O)c2ccc(CCN(Cc3ccccc3)CC(O)c3cccc(Cl)c3)cc2)cc1. The number of nitrogens with zero attached hydrogens (tertiary/aromatic N) is 1. The zero-order chi connectivity index (χ0) is 29.2. The average Bonchev–Trinajstić information content (AvgIpc) is 2.97. The Hall–Kier alpha value is -3.49. The summed E-state index contributed by atoms with van der Waals surface area (Å²) in [5.41, 5.74) is 2.88. The van der Waals surface area contributed by atoms with Crippen molar-refractivity contribution in [2.24, 2.45) is 0 Å². The maximum Gasteiger partial charge on any atom is 0.311 e. The summed E-state index contributed by atoms with van der Waals surface area (Å²) in [6.07, 6.45) is 0.954. The first-order valence-corrected chi connectivity index (χ1v) is 15.5. The third-order valence-corrected chi connectivity index (χ3v) is 8.70. The summed E-state index contributed by atoms with van der Waals surface area (Å²) in [5.74, 6) is -0.0294. The van der Waals surface area contributed by atoms with Gasteiger partial charge in [0, 0.05) is 31.1 Å². The van der Waals surface area contributed by atoms with Crippen LogP contribution in [0.1, 0.15) is 42.6 Å². The molecule has 0 bridgehead atoms. The van der Waals surface area contributed by atoms with Gasteiger partial charge in [-0.1, -0.05) is 73.1 Å². The maximum absolute atomic E-state index is 13.2. The minimum atomic E-state index is -3.73. The molecule has 1 atom stereocenters. The van der Waals surface area contributed by atoms with Gasteiger partial charge in [-0.05, 0) is 78.1 Å². The number of aliphatic hydroxyl groups is 1. The van der Waals surface area contributed by atoms with E-state index in [9.17, 15) is 18.3 Å². The number of rotatable bonds is 13. The van der Waals surface area contributed by atoms with Gasteiger partial charge in [0.05, 0.1) is 15.9 Å². The van der Waals surface area contributed by atoms with E-state index in [0.717, 1.165) is 16.7 Å². The van der Waals surface area contributed by atoms with Crippen molar-refractivity contribution < 1.29 is 23.1 Å². The molecule has 4 aromatic rings. The molecule has 0 aliphatic carbocycles. The normalized spacial score (nSPS) is 12.3. The molecule has 0 heterocycles. The molecule has 6 nitrogen and oxygen atoms in total. The Labute approximate surface area is 247 Å². The van der Waals surface area contributed by atoms with E-state index < -0.39 is 15.9 Å². The lowest BCUT2D eigenvalue weighted by Gasteiger charge is -2.25.